The molecular weight excluding hydrogens is 292 g/mol. The van der Waals surface area contributed by atoms with Crippen LogP contribution in [0.2, 0.25) is 0 Å². The quantitative estimate of drug-likeness (QED) is 0.376. The molecule has 0 aliphatic heterocycles. The van der Waals surface area contributed by atoms with E-state index in [4.69, 9.17) is 0 Å². The zero-order valence-electron chi connectivity index (χ0n) is 16.8. The van der Waals surface area contributed by atoms with E-state index in [1.54, 1.807) is 0 Å². The summed E-state index contributed by atoms with van der Waals surface area (Å²) >= 11 is 0. The van der Waals surface area contributed by atoms with Crippen molar-refractivity contribution in [2.45, 2.75) is 79.1 Å². The predicted octanol–water partition coefficient (Wildman–Crippen LogP) is 6.15. The van der Waals surface area contributed by atoms with Crippen molar-refractivity contribution in [3.05, 3.63) is 23.4 Å². The molecule has 0 radical (unpaired) electrons. The Morgan fingerprint density at radius 2 is 1.92 bits per heavy atom. The molecule has 0 heterocycles. The maximum absolute atomic E-state index is 4.16. The maximum atomic E-state index is 4.16. The van der Waals surface area contributed by atoms with Crippen molar-refractivity contribution in [2.24, 2.45) is 22.2 Å². The normalized spacial score (nSPS) is 21.4. The highest BCUT2D eigenvalue weighted by atomic mass is 14.8. The molecule has 1 aliphatic rings. The number of nitrogens with zero attached hydrogens (tertiary/aromatic N) is 1. The fraction of sp³-hybridized carbons (Fsp3) is 0.773. The van der Waals surface area contributed by atoms with E-state index in [1.807, 2.05) is 7.05 Å². The Hall–Kier alpha value is -0.890. The SMILES string of the molecule is C=N/C(C)=C\C(=C/C(C)CC(C)CCNC)C1(CC)CCCCC1. The number of nitrogens with one attached hydrogen (secondary N) is 1. The molecule has 2 nitrogen and oxygen atoms in total. The van der Waals surface area contributed by atoms with Gasteiger partial charge in [-0.05, 0) is 88.2 Å². The highest BCUT2D eigenvalue weighted by Gasteiger charge is 2.33. The first-order valence-corrected chi connectivity index (χ1v) is 9.99. The van der Waals surface area contributed by atoms with Crippen molar-refractivity contribution in [1.82, 2.24) is 5.32 Å². The molecule has 0 aromatic carbocycles. The van der Waals surface area contributed by atoms with Crippen LogP contribution in [-0.2, 0) is 0 Å². The average molecular weight is 333 g/mol. The third-order valence-electron chi connectivity index (χ3n) is 5.84. The zero-order valence-corrected chi connectivity index (χ0v) is 16.8. The lowest BCUT2D eigenvalue weighted by Gasteiger charge is -2.39. The lowest BCUT2D eigenvalue weighted by Crippen LogP contribution is -2.26. The van der Waals surface area contributed by atoms with Gasteiger partial charge in [-0.25, -0.2) is 0 Å². The Balaban J connectivity index is 2.97. The van der Waals surface area contributed by atoms with Gasteiger partial charge < -0.3 is 5.32 Å². The second-order valence-corrected chi connectivity index (χ2v) is 7.97. The first kappa shape index (κ1) is 21.2. The molecule has 1 saturated carbocycles. The number of aliphatic imine (C=N–C) groups is 1. The summed E-state index contributed by atoms with van der Waals surface area (Å²) in [6, 6.07) is 0. The van der Waals surface area contributed by atoms with E-state index >= 15 is 0 Å². The van der Waals surface area contributed by atoms with Gasteiger partial charge in [-0.1, -0.05) is 46.1 Å². The van der Waals surface area contributed by atoms with E-state index in [0.717, 1.165) is 18.2 Å². The van der Waals surface area contributed by atoms with Crippen molar-refractivity contribution in [2.75, 3.05) is 13.6 Å². The minimum Gasteiger partial charge on any atom is -0.320 e. The summed E-state index contributed by atoms with van der Waals surface area (Å²) in [6.45, 7) is 14.0. The summed E-state index contributed by atoms with van der Waals surface area (Å²) in [5, 5.41) is 3.27. The maximum Gasteiger partial charge on any atom is 0.0368 e. The molecule has 0 amide bonds. The molecule has 0 aromatic rings. The Morgan fingerprint density at radius 1 is 1.25 bits per heavy atom. The lowest BCUT2D eigenvalue weighted by atomic mass is 9.66. The smallest absolute Gasteiger partial charge is 0.0368 e. The molecule has 1 N–H and O–H groups in total. The summed E-state index contributed by atoms with van der Waals surface area (Å²) in [5.41, 5.74) is 2.95. The van der Waals surface area contributed by atoms with Gasteiger partial charge in [-0.3, -0.25) is 4.99 Å². The van der Waals surface area contributed by atoms with Gasteiger partial charge in [0.1, 0.15) is 0 Å². The van der Waals surface area contributed by atoms with Crippen molar-refractivity contribution in [1.29, 1.82) is 0 Å². The van der Waals surface area contributed by atoms with Crippen LogP contribution in [0.25, 0.3) is 0 Å². The van der Waals surface area contributed by atoms with Crippen LogP contribution >= 0.6 is 0 Å². The second kappa shape index (κ2) is 10.9. The summed E-state index contributed by atoms with van der Waals surface area (Å²) in [6.07, 6.45) is 15.4. The Kier molecular flexibility index (Phi) is 9.58. The fourth-order valence-corrected chi connectivity index (χ4v) is 4.24. The van der Waals surface area contributed by atoms with Crippen LogP contribution in [0.15, 0.2) is 28.4 Å². The molecule has 0 saturated heterocycles. The van der Waals surface area contributed by atoms with Crippen molar-refractivity contribution in [3.8, 4) is 0 Å². The molecule has 2 atom stereocenters. The van der Waals surface area contributed by atoms with Gasteiger partial charge in [-0.15, -0.1) is 0 Å². The van der Waals surface area contributed by atoms with Crippen molar-refractivity contribution < 1.29 is 0 Å². The van der Waals surface area contributed by atoms with Gasteiger partial charge in [0, 0.05) is 5.70 Å². The Bertz CT molecular complexity index is 427. The van der Waals surface area contributed by atoms with Crippen LogP contribution in [-0.4, -0.2) is 20.3 Å². The molecule has 0 bridgehead atoms. The van der Waals surface area contributed by atoms with Gasteiger partial charge in [0.2, 0.25) is 0 Å². The van der Waals surface area contributed by atoms with E-state index in [1.165, 1.54) is 56.9 Å². The largest absolute Gasteiger partial charge is 0.320 e. The van der Waals surface area contributed by atoms with Crippen LogP contribution in [0, 0.1) is 17.3 Å². The molecule has 0 spiro atoms. The van der Waals surface area contributed by atoms with Crippen LogP contribution in [0.4, 0.5) is 0 Å². The van der Waals surface area contributed by atoms with Gasteiger partial charge in [-0.2, -0.15) is 0 Å². The van der Waals surface area contributed by atoms with Crippen molar-refractivity contribution in [3.63, 3.8) is 0 Å². The predicted molar refractivity (Wildman–Crippen MR) is 109 cm³/mol. The molecule has 1 rings (SSSR count). The van der Waals surface area contributed by atoms with Gasteiger partial charge in [0.25, 0.3) is 0 Å². The number of hydrogen-bond donors (Lipinski definition) is 1. The van der Waals surface area contributed by atoms with Gasteiger partial charge in [0.05, 0.1) is 0 Å². The second-order valence-electron chi connectivity index (χ2n) is 7.97. The molecule has 2 unspecified atom stereocenters. The molecule has 138 valence electrons. The van der Waals surface area contributed by atoms with Gasteiger partial charge in [0.15, 0.2) is 0 Å². The molecule has 2 heteroatoms. The van der Waals surface area contributed by atoms with E-state index in [9.17, 15) is 0 Å². The number of hydrogen-bond acceptors (Lipinski definition) is 2. The molecule has 1 aliphatic carbocycles. The van der Waals surface area contributed by atoms with Crippen LogP contribution in [0.1, 0.15) is 79.1 Å². The minimum atomic E-state index is 0.368. The molecular formula is C22H40N2. The third kappa shape index (κ3) is 6.55. The molecule has 0 aromatic heterocycles. The zero-order chi connectivity index (χ0) is 18.0. The Morgan fingerprint density at radius 3 is 2.46 bits per heavy atom. The molecule has 24 heavy (non-hydrogen) atoms. The third-order valence-corrected chi connectivity index (χ3v) is 5.84. The standard InChI is InChI=1S/C22H40N2/c1-7-22(12-9-8-10-13-22)21(17-20(4)24-6)16-19(3)15-18(2)11-14-23-5/h16-19,23H,6-15H2,1-5H3/b20-17-,21-16+. The van der Waals surface area contributed by atoms with Crippen LogP contribution in [0.5, 0.6) is 0 Å². The first-order chi connectivity index (χ1) is 11.5. The topological polar surface area (TPSA) is 24.4 Å². The fourth-order valence-electron chi connectivity index (χ4n) is 4.24. The summed E-state index contributed by atoms with van der Waals surface area (Å²) < 4.78 is 0. The van der Waals surface area contributed by atoms with E-state index in [2.05, 4.69) is 56.9 Å². The van der Waals surface area contributed by atoms with E-state index in [-0.39, 0.29) is 0 Å². The van der Waals surface area contributed by atoms with E-state index < -0.39 is 0 Å². The lowest BCUT2D eigenvalue weighted by molar-refractivity contribution is 0.234. The number of rotatable bonds is 10. The number of allylic oxidation sites excluding steroid dienone is 4. The highest BCUT2D eigenvalue weighted by molar-refractivity contribution is 5.35. The monoisotopic (exact) mass is 332 g/mol. The first-order valence-electron chi connectivity index (χ1n) is 9.99. The van der Waals surface area contributed by atoms with E-state index in [0.29, 0.717) is 11.3 Å². The summed E-state index contributed by atoms with van der Waals surface area (Å²) in [7, 11) is 2.04. The van der Waals surface area contributed by atoms with Crippen LogP contribution < -0.4 is 5.32 Å². The van der Waals surface area contributed by atoms with Crippen LogP contribution in [0.3, 0.4) is 0 Å². The Labute approximate surface area is 150 Å². The molecule has 1 fully saturated rings. The summed E-state index contributed by atoms with van der Waals surface area (Å²) in [4.78, 5) is 4.16. The van der Waals surface area contributed by atoms with Crippen molar-refractivity contribution >= 4 is 6.72 Å². The summed E-state index contributed by atoms with van der Waals surface area (Å²) in [5.74, 6) is 1.38. The minimum absolute atomic E-state index is 0.368. The van der Waals surface area contributed by atoms with Gasteiger partial charge >= 0.3 is 0 Å². The highest BCUT2D eigenvalue weighted by Crippen LogP contribution is 2.46. The average Bonchev–Trinajstić information content (AvgIpc) is 2.59.